The third-order valence-corrected chi connectivity index (χ3v) is 6.48. The van der Waals surface area contributed by atoms with E-state index in [1.54, 1.807) is 0 Å². The molecule has 0 N–H and O–H groups in total. The van der Waals surface area contributed by atoms with Gasteiger partial charge in [0.1, 0.15) is 16.7 Å². The zero-order valence-electron chi connectivity index (χ0n) is 13.9. The second kappa shape index (κ2) is 5.78. The summed E-state index contributed by atoms with van der Waals surface area (Å²) in [5, 5.41) is 0. The van der Waals surface area contributed by atoms with Crippen molar-refractivity contribution in [2.24, 2.45) is 0 Å². The van der Waals surface area contributed by atoms with Gasteiger partial charge in [-0.3, -0.25) is 0 Å². The van der Waals surface area contributed by atoms with Crippen LogP contribution in [0.25, 0.3) is 0 Å². The van der Waals surface area contributed by atoms with Crippen LogP contribution < -0.4 is 0 Å². The summed E-state index contributed by atoms with van der Waals surface area (Å²) in [5.74, 6) is 0. The van der Waals surface area contributed by atoms with Gasteiger partial charge < -0.3 is 4.74 Å². The molecule has 3 heterocycles. The summed E-state index contributed by atoms with van der Waals surface area (Å²) >= 11 is 0. The van der Waals surface area contributed by atoms with E-state index >= 15 is 0 Å². The van der Waals surface area contributed by atoms with Gasteiger partial charge in [-0.15, -0.1) is 0 Å². The Morgan fingerprint density at radius 2 is 2.00 bits per heavy atom. The smallest absolute Gasteiger partial charge is 0.373 e. The SMILES string of the molecule is CC(C)(C)S(=O)N1CCCC12COCc1nc(C(F)(F)F)ccc12. The highest BCUT2D eigenvalue weighted by Crippen LogP contribution is 2.46. The molecule has 3 rings (SSSR count). The van der Waals surface area contributed by atoms with E-state index in [4.69, 9.17) is 4.74 Å². The highest BCUT2D eigenvalue weighted by molar-refractivity contribution is 7.84. The van der Waals surface area contributed by atoms with Gasteiger partial charge in [-0.2, -0.15) is 13.2 Å². The standard InChI is InChI=1S/C16H21F3N2O2S/c1-14(2,3)24(22)21-8-4-7-15(21)10-23-9-12-11(15)5-6-13(20-12)16(17,18)19/h5-6H,4,7-10H2,1-3H3. The van der Waals surface area contributed by atoms with E-state index in [1.807, 2.05) is 25.1 Å². The number of pyridine rings is 1. The Hall–Kier alpha value is -0.990. The Balaban J connectivity index is 2.06. The number of ether oxygens (including phenoxy) is 1. The van der Waals surface area contributed by atoms with Gasteiger partial charge in [0, 0.05) is 6.54 Å². The minimum absolute atomic E-state index is 0.0526. The monoisotopic (exact) mass is 362 g/mol. The van der Waals surface area contributed by atoms with Crippen molar-refractivity contribution in [1.82, 2.24) is 9.29 Å². The molecule has 0 radical (unpaired) electrons. The van der Waals surface area contributed by atoms with Crippen molar-refractivity contribution < 1.29 is 22.1 Å². The summed E-state index contributed by atoms with van der Waals surface area (Å²) in [5.41, 5.74) is -0.544. The van der Waals surface area contributed by atoms with E-state index in [0.717, 1.165) is 18.1 Å². The van der Waals surface area contributed by atoms with Crippen molar-refractivity contribution in [3.05, 3.63) is 29.1 Å². The fraction of sp³-hybridized carbons (Fsp3) is 0.688. The fourth-order valence-corrected chi connectivity index (χ4v) is 4.94. The van der Waals surface area contributed by atoms with Gasteiger partial charge in [0.2, 0.25) is 0 Å². The lowest BCUT2D eigenvalue weighted by atomic mass is 9.86. The molecule has 2 unspecified atom stereocenters. The summed E-state index contributed by atoms with van der Waals surface area (Å²) in [7, 11) is -1.28. The van der Waals surface area contributed by atoms with Crippen LogP contribution in [0, 0.1) is 0 Å². The molecular formula is C16H21F3N2O2S. The second-order valence-electron chi connectivity index (χ2n) is 7.28. The summed E-state index contributed by atoms with van der Waals surface area (Å²) in [6, 6.07) is 2.51. The highest BCUT2D eigenvalue weighted by Gasteiger charge is 2.51. The summed E-state index contributed by atoms with van der Waals surface area (Å²) in [4.78, 5) is 3.78. The molecule has 1 spiro atoms. The van der Waals surface area contributed by atoms with Gasteiger partial charge in [0.15, 0.2) is 0 Å². The molecule has 1 saturated heterocycles. The van der Waals surface area contributed by atoms with Crippen LogP contribution in [0.4, 0.5) is 13.2 Å². The van der Waals surface area contributed by atoms with E-state index in [9.17, 15) is 17.4 Å². The van der Waals surface area contributed by atoms with Crippen LogP contribution in [-0.2, 0) is 34.0 Å². The van der Waals surface area contributed by atoms with Crippen LogP contribution in [0.5, 0.6) is 0 Å². The quantitative estimate of drug-likeness (QED) is 0.769. The van der Waals surface area contributed by atoms with Crippen LogP contribution in [0.2, 0.25) is 0 Å². The molecule has 134 valence electrons. The number of fused-ring (bicyclic) bond motifs is 2. The molecular weight excluding hydrogens is 341 g/mol. The van der Waals surface area contributed by atoms with E-state index in [1.165, 1.54) is 6.07 Å². The van der Waals surface area contributed by atoms with Gasteiger partial charge in [-0.25, -0.2) is 13.5 Å². The Morgan fingerprint density at radius 1 is 1.29 bits per heavy atom. The lowest BCUT2D eigenvalue weighted by Gasteiger charge is -2.43. The van der Waals surface area contributed by atoms with Crippen LogP contribution in [0.1, 0.15) is 50.6 Å². The molecule has 2 atom stereocenters. The van der Waals surface area contributed by atoms with Crippen molar-refractivity contribution >= 4 is 11.0 Å². The van der Waals surface area contributed by atoms with Crippen LogP contribution >= 0.6 is 0 Å². The third kappa shape index (κ3) is 2.88. The average Bonchev–Trinajstić information content (AvgIpc) is 2.88. The number of aromatic nitrogens is 1. The van der Waals surface area contributed by atoms with Gasteiger partial charge in [-0.1, -0.05) is 6.07 Å². The van der Waals surface area contributed by atoms with E-state index in [-0.39, 0.29) is 6.61 Å². The van der Waals surface area contributed by atoms with Gasteiger partial charge in [-0.05, 0) is 45.2 Å². The first-order valence-electron chi connectivity index (χ1n) is 7.91. The normalized spacial score (nSPS) is 26.6. The molecule has 2 aliphatic heterocycles. The number of alkyl halides is 3. The molecule has 1 fully saturated rings. The Morgan fingerprint density at radius 3 is 2.62 bits per heavy atom. The van der Waals surface area contributed by atoms with Crippen molar-refractivity contribution in [1.29, 1.82) is 0 Å². The van der Waals surface area contributed by atoms with Gasteiger partial charge in [0.25, 0.3) is 0 Å². The zero-order chi connectivity index (χ0) is 17.8. The van der Waals surface area contributed by atoms with E-state index in [0.29, 0.717) is 25.3 Å². The largest absolute Gasteiger partial charge is 0.433 e. The number of nitrogens with zero attached hydrogens (tertiary/aromatic N) is 2. The lowest BCUT2D eigenvalue weighted by molar-refractivity contribution is -0.141. The Bertz CT molecular complexity index is 672. The maximum Gasteiger partial charge on any atom is 0.433 e. The van der Waals surface area contributed by atoms with Crippen molar-refractivity contribution in [3.8, 4) is 0 Å². The highest BCUT2D eigenvalue weighted by atomic mass is 32.2. The van der Waals surface area contributed by atoms with Crippen molar-refractivity contribution in [2.75, 3.05) is 13.2 Å². The first-order chi connectivity index (χ1) is 11.1. The molecule has 2 aliphatic rings. The molecule has 1 aromatic heterocycles. The maximum atomic E-state index is 13.0. The topological polar surface area (TPSA) is 42.4 Å². The van der Waals surface area contributed by atoms with Crippen LogP contribution in [0.3, 0.4) is 0 Å². The van der Waals surface area contributed by atoms with Gasteiger partial charge in [0.05, 0.1) is 29.2 Å². The third-order valence-electron chi connectivity index (χ3n) is 4.50. The summed E-state index contributed by atoms with van der Waals surface area (Å²) < 4.78 is 58.8. The van der Waals surface area contributed by atoms with Crippen LogP contribution in [-0.4, -0.2) is 31.4 Å². The Kier molecular flexibility index (Phi) is 4.29. The molecule has 4 nitrogen and oxygen atoms in total. The summed E-state index contributed by atoms with van der Waals surface area (Å²) in [6.07, 6.45) is -2.95. The molecule has 0 aliphatic carbocycles. The minimum atomic E-state index is -4.48. The molecule has 8 heteroatoms. The molecule has 0 amide bonds. The number of rotatable bonds is 1. The lowest BCUT2D eigenvalue weighted by Crippen LogP contribution is -2.52. The average molecular weight is 362 g/mol. The molecule has 0 aromatic carbocycles. The molecule has 24 heavy (non-hydrogen) atoms. The first kappa shape index (κ1) is 17.8. The van der Waals surface area contributed by atoms with Crippen molar-refractivity contribution in [3.63, 3.8) is 0 Å². The van der Waals surface area contributed by atoms with Crippen LogP contribution in [0.15, 0.2) is 12.1 Å². The maximum absolute atomic E-state index is 13.0. The molecule has 0 bridgehead atoms. The number of hydrogen-bond donors (Lipinski definition) is 0. The predicted molar refractivity (Wildman–Crippen MR) is 84.4 cm³/mol. The van der Waals surface area contributed by atoms with Crippen molar-refractivity contribution in [2.45, 2.75) is 56.7 Å². The zero-order valence-corrected chi connectivity index (χ0v) is 14.8. The predicted octanol–water partition coefficient (Wildman–Crippen LogP) is 3.38. The fourth-order valence-electron chi connectivity index (χ4n) is 3.43. The number of hydrogen-bond acceptors (Lipinski definition) is 3. The Labute approximate surface area is 142 Å². The minimum Gasteiger partial charge on any atom is -0.373 e. The summed E-state index contributed by atoms with van der Waals surface area (Å²) in [6.45, 7) is 6.69. The van der Waals surface area contributed by atoms with E-state index in [2.05, 4.69) is 4.98 Å². The van der Waals surface area contributed by atoms with Gasteiger partial charge >= 0.3 is 6.18 Å². The molecule has 1 aromatic rings. The number of halogens is 3. The first-order valence-corrected chi connectivity index (χ1v) is 9.01. The van der Waals surface area contributed by atoms with E-state index < -0.39 is 33.1 Å². The molecule has 0 saturated carbocycles. The second-order valence-corrected chi connectivity index (χ2v) is 9.44.